The number of benzene rings is 1. The predicted octanol–water partition coefficient (Wildman–Crippen LogP) is 3.19. The van der Waals surface area contributed by atoms with Gasteiger partial charge in [0.05, 0.1) is 11.3 Å². The van der Waals surface area contributed by atoms with Gasteiger partial charge in [-0.05, 0) is 39.0 Å². The van der Waals surface area contributed by atoms with Gasteiger partial charge in [-0.1, -0.05) is 12.1 Å². The van der Waals surface area contributed by atoms with Gasteiger partial charge in [-0.2, -0.15) is 5.10 Å². The van der Waals surface area contributed by atoms with Crippen LogP contribution in [0.25, 0.3) is 0 Å². The maximum atomic E-state index is 13.1. The smallest absolute Gasteiger partial charge is 0.274 e. The Morgan fingerprint density at radius 3 is 2.65 bits per heavy atom. The number of amides is 1. The highest BCUT2D eigenvalue weighted by Crippen LogP contribution is 2.13. The number of carbonyl (C=O) groups is 1. The van der Waals surface area contributed by atoms with E-state index in [1.807, 2.05) is 0 Å². The summed E-state index contributed by atoms with van der Waals surface area (Å²) in [5.74, 6) is 0.511. The van der Waals surface area contributed by atoms with Crippen molar-refractivity contribution >= 4 is 11.6 Å². The highest BCUT2D eigenvalue weighted by Gasteiger charge is 2.12. The zero-order valence-corrected chi connectivity index (χ0v) is 11.5. The zero-order chi connectivity index (χ0) is 14.7. The number of aryl methyl sites for hydroxylation is 2. The summed E-state index contributed by atoms with van der Waals surface area (Å²) in [5, 5.41) is 3.97. The highest BCUT2D eigenvalue weighted by molar-refractivity contribution is 6.01. The Bertz CT molecular complexity index is 674. The first-order valence-electron chi connectivity index (χ1n) is 6.15. The summed E-state index contributed by atoms with van der Waals surface area (Å²) < 4.78 is 18.4. The third kappa shape index (κ3) is 3.12. The van der Waals surface area contributed by atoms with E-state index in [1.165, 1.54) is 12.1 Å². The van der Waals surface area contributed by atoms with Gasteiger partial charge in [0.2, 0.25) is 0 Å². The monoisotopic (exact) mass is 274 g/mol. The van der Waals surface area contributed by atoms with Crippen LogP contribution in [-0.2, 0) is 0 Å². The molecule has 1 N–H and O–H groups in total. The fraction of sp³-hybridized carbons (Fsp3) is 0.200. The van der Waals surface area contributed by atoms with Crippen LogP contribution in [0.15, 0.2) is 39.9 Å². The number of nitrogens with one attached hydrogen (secondary N) is 1. The lowest BCUT2D eigenvalue weighted by molar-refractivity contribution is 0.0953. The van der Waals surface area contributed by atoms with Crippen molar-refractivity contribution in [2.24, 2.45) is 5.10 Å². The van der Waals surface area contributed by atoms with Gasteiger partial charge in [0.15, 0.2) is 0 Å². The average molecular weight is 274 g/mol. The fourth-order valence-electron chi connectivity index (χ4n) is 1.83. The molecule has 0 aliphatic heterocycles. The Balaban J connectivity index is 2.13. The molecule has 1 amide bonds. The van der Waals surface area contributed by atoms with Crippen LogP contribution in [0.2, 0.25) is 0 Å². The van der Waals surface area contributed by atoms with E-state index in [0.29, 0.717) is 28.4 Å². The van der Waals surface area contributed by atoms with E-state index in [-0.39, 0.29) is 11.7 Å². The van der Waals surface area contributed by atoms with Crippen molar-refractivity contribution in [1.29, 1.82) is 0 Å². The van der Waals surface area contributed by atoms with E-state index in [1.54, 1.807) is 39.0 Å². The Labute approximate surface area is 116 Å². The van der Waals surface area contributed by atoms with Crippen LogP contribution in [-0.4, -0.2) is 11.6 Å². The van der Waals surface area contributed by atoms with E-state index in [2.05, 4.69) is 10.5 Å². The predicted molar refractivity (Wildman–Crippen MR) is 74.3 cm³/mol. The summed E-state index contributed by atoms with van der Waals surface area (Å²) in [7, 11) is 0. The number of hydrogen-bond donors (Lipinski definition) is 1. The van der Waals surface area contributed by atoms with Crippen molar-refractivity contribution in [3.8, 4) is 0 Å². The number of hydrogen-bond acceptors (Lipinski definition) is 3. The molecule has 2 rings (SSSR count). The number of nitrogens with zero attached hydrogens (tertiary/aromatic N) is 1. The summed E-state index contributed by atoms with van der Waals surface area (Å²) >= 11 is 0. The van der Waals surface area contributed by atoms with Gasteiger partial charge < -0.3 is 4.42 Å². The second-order valence-corrected chi connectivity index (χ2v) is 4.48. The summed E-state index contributed by atoms with van der Waals surface area (Å²) in [5.41, 5.74) is 4.02. The standard InChI is InChI=1S/C15H15FN2O2/c1-9-7-14(11(3)20-9)15(19)18-17-10(2)12-5-4-6-13(16)8-12/h4-8H,1-3H3,(H,18,19)/b17-10+. The zero-order valence-electron chi connectivity index (χ0n) is 11.5. The normalized spacial score (nSPS) is 11.5. The Kier molecular flexibility index (Phi) is 3.98. The second-order valence-electron chi connectivity index (χ2n) is 4.48. The van der Waals surface area contributed by atoms with Crippen LogP contribution < -0.4 is 5.43 Å². The lowest BCUT2D eigenvalue weighted by atomic mass is 10.1. The number of furan rings is 1. The largest absolute Gasteiger partial charge is 0.466 e. The van der Waals surface area contributed by atoms with Crippen LogP contribution in [0.4, 0.5) is 4.39 Å². The minimum Gasteiger partial charge on any atom is -0.466 e. The van der Waals surface area contributed by atoms with E-state index in [9.17, 15) is 9.18 Å². The second kappa shape index (κ2) is 5.69. The Morgan fingerprint density at radius 1 is 1.30 bits per heavy atom. The summed E-state index contributed by atoms with van der Waals surface area (Å²) in [6, 6.07) is 7.68. The third-order valence-electron chi connectivity index (χ3n) is 2.85. The molecular formula is C15H15FN2O2. The van der Waals surface area contributed by atoms with Crippen LogP contribution in [0.1, 0.15) is 34.4 Å². The highest BCUT2D eigenvalue weighted by atomic mass is 19.1. The molecular weight excluding hydrogens is 259 g/mol. The Morgan fingerprint density at radius 2 is 2.05 bits per heavy atom. The van der Waals surface area contributed by atoms with Gasteiger partial charge in [-0.3, -0.25) is 4.79 Å². The topological polar surface area (TPSA) is 54.6 Å². The molecule has 0 unspecified atom stereocenters. The van der Waals surface area contributed by atoms with Crippen LogP contribution in [0, 0.1) is 19.7 Å². The summed E-state index contributed by atoms with van der Waals surface area (Å²) in [6.45, 7) is 5.18. The SMILES string of the molecule is C/C(=N\NC(=O)c1cc(C)oc1C)c1cccc(F)c1. The maximum Gasteiger partial charge on any atom is 0.274 e. The number of halogens is 1. The van der Waals surface area contributed by atoms with Gasteiger partial charge in [0.1, 0.15) is 17.3 Å². The quantitative estimate of drug-likeness (QED) is 0.690. The van der Waals surface area contributed by atoms with Crippen LogP contribution in [0.3, 0.4) is 0 Å². The van der Waals surface area contributed by atoms with E-state index in [0.717, 1.165) is 0 Å². The minimum absolute atomic E-state index is 0.343. The van der Waals surface area contributed by atoms with Crippen molar-refractivity contribution in [1.82, 2.24) is 5.43 Å². The van der Waals surface area contributed by atoms with Crippen molar-refractivity contribution in [2.45, 2.75) is 20.8 Å². The molecule has 104 valence electrons. The van der Waals surface area contributed by atoms with Gasteiger partial charge >= 0.3 is 0 Å². The first-order chi connectivity index (χ1) is 9.47. The molecule has 1 aromatic carbocycles. The van der Waals surface area contributed by atoms with E-state index < -0.39 is 0 Å². The first kappa shape index (κ1) is 14.0. The molecule has 0 saturated carbocycles. The molecule has 5 heteroatoms. The van der Waals surface area contributed by atoms with Gasteiger partial charge in [0, 0.05) is 5.56 Å². The fourth-order valence-corrected chi connectivity index (χ4v) is 1.83. The van der Waals surface area contributed by atoms with Crippen molar-refractivity contribution in [3.63, 3.8) is 0 Å². The molecule has 0 spiro atoms. The maximum absolute atomic E-state index is 13.1. The molecule has 0 atom stereocenters. The number of hydrazone groups is 1. The van der Waals surface area contributed by atoms with E-state index >= 15 is 0 Å². The average Bonchev–Trinajstić information content (AvgIpc) is 2.74. The third-order valence-corrected chi connectivity index (χ3v) is 2.85. The number of carbonyl (C=O) groups excluding carboxylic acids is 1. The summed E-state index contributed by atoms with van der Waals surface area (Å²) in [4.78, 5) is 11.9. The van der Waals surface area contributed by atoms with Crippen molar-refractivity contribution in [2.75, 3.05) is 0 Å². The minimum atomic E-state index is -0.352. The molecule has 20 heavy (non-hydrogen) atoms. The van der Waals surface area contributed by atoms with Gasteiger partial charge in [0.25, 0.3) is 5.91 Å². The lowest BCUT2D eigenvalue weighted by Gasteiger charge is -2.02. The molecule has 0 radical (unpaired) electrons. The Hall–Kier alpha value is -2.43. The van der Waals surface area contributed by atoms with E-state index in [4.69, 9.17) is 4.42 Å². The van der Waals surface area contributed by atoms with Crippen LogP contribution in [0.5, 0.6) is 0 Å². The molecule has 0 aliphatic rings. The molecule has 1 heterocycles. The molecule has 2 aromatic rings. The molecule has 0 bridgehead atoms. The van der Waals surface area contributed by atoms with Crippen molar-refractivity contribution in [3.05, 3.63) is 58.8 Å². The lowest BCUT2D eigenvalue weighted by Crippen LogP contribution is -2.19. The summed E-state index contributed by atoms with van der Waals surface area (Å²) in [6.07, 6.45) is 0. The first-order valence-corrected chi connectivity index (χ1v) is 6.15. The van der Waals surface area contributed by atoms with Crippen molar-refractivity contribution < 1.29 is 13.6 Å². The number of rotatable bonds is 3. The molecule has 4 nitrogen and oxygen atoms in total. The molecule has 0 saturated heterocycles. The van der Waals surface area contributed by atoms with Crippen LogP contribution >= 0.6 is 0 Å². The molecule has 0 fully saturated rings. The molecule has 1 aromatic heterocycles. The molecule has 0 aliphatic carbocycles. The van der Waals surface area contributed by atoms with Gasteiger partial charge in [-0.15, -0.1) is 0 Å². The van der Waals surface area contributed by atoms with Gasteiger partial charge in [-0.25, -0.2) is 9.82 Å².